The van der Waals surface area contributed by atoms with Gasteiger partial charge in [-0.25, -0.2) is 15.0 Å². The predicted molar refractivity (Wildman–Crippen MR) is 225 cm³/mol. The minimum atomic E-state index is 0.598. The van der Waals surface area contributed by atoms with Gasteiger partial charge in [-0.15, -0.1) is 0 Å². The molecule has 0 saturated carbocycles. The van der Waals surface area contributed by atoms with Gasteiger partial charge in [-0.3, -0.25) is 0 Å². The molecular formula is C51H33N3O. The number of hydrogen-bond donors (Lipinski definition) is 0. The molecule has 258 valence electrons. The van der Waals surface area contributed by atoms with Gasteiger partial charge in [0.1, 0.15) is 11.2 Å². The van der Waals surface area contributed by atoms with Crippen molar-refractivity contribution in [2.45, 2.75) is 0 Å². The molecule has 8 aromatic carbocycles. The SMILES string of the molecule is c1ccc(-c2cc(-c3ccccc3)cc(-c3cccc(-c4cccc5c4oc4cccc(-c6nc(-c7ccccc7)nc(-c7ccccc7)n6)c45)c3)c2)cc1. The van der Waals surface area contributed by atoms with Gasteiger partial charge in [0.15, 0.2) is 17.5 Å². The van der Waals surface area contributed by atoms with Gasteiger partial charge in [-0.1, -0.05) is 170 Å². The minimum absolute atomic E-state index is 0.598. The lowest BCUT2D eigenvalue weighted by Crippen LogP contribution is -2.00. The number of nitrogens with zero attached hydrogens (tertiary/aromatic N) is 3. The zero-order valence-corrected chi connectivity index (χ0v) is 29.8. The molecule has 55 heavy (non-hydrogen) atoms. The minimum Gasteiger partial charge on any atom is -0.455 e. The molecule has 0 saturated heterocycles. The molecule has 0 radical (unpaired) electrons. The number of rotatable bonds is 7. The van der Waals surface area contributed by atoms with Crippen molar-refractivity contribution >= 4 is 21.9 Å². The first kappa shape index (κ1) is 32.2. The van der Waals surface area contributed by atoms with Crippen molar-refractivity contribution in [1.82, 2.24) is 15.0 Å². The molecule has 0 bridgehead atoms. The van der Waals surface area contributed by atoms with E-state index in [-0.39, 0.29) is 0 Å². The molecule has 0 spiro atoms. The number of aromatic nitrogens is 3. The van der Waals surface area contributed by atoms with Crippen LogP contribution in [0, 0.1) is 0 Å². The molecule has 2 heterocycles. The second-order valence-electron chi connectivity index (χ2n) is 13.6. The van der Waals surface area contributed by atoms with Crippen molar-refractivity contribution in [3.8, 4) is 78.7 Å². The highest BCUT2D eigenvalue weighted by atomic mass is 16.3. The van der Waals surface area contributed by atoms with Gasteiger partial charge in [-0.2, -0.15) is 0 Å². The van der Waals surface area contributed by atoms with Gasteiger partial charge < -0.3 is 4.42 Å². The highest BCUT2D eigenvalue weighted by molar-refractivity contribution is 6.15. The Morgan fingerprint density at radius 1 is 0.291 bits per heavy atom. The third kappa shape index (κ3) is 6.16. The molecule has 0 N–H and O–H groups in total. The van der Waals surface area contributed by atoms with E-state index in [9.17, 15) is 0 Å². The monoisotopic (exact) mass is 703 g/mol. The van der Waals surface area contributed by atoms with Gasteiger partial charge in [0.25, 0.3) is 0 Å². The summed E-state index contributed by atoms with van der Waals surface area (Å²) in [5.74, 6) is 1.85. The number of hydrogen-bond acceptors (Lipinski definition) is 4. The fourth-order valence-corrected chi connectivity index (χ4v) is 7.45. The molecule has 10 aromatic rings. The third-order valence-corrected chi connectivity index (χ3v) is 10.1. The first-order valence-corrected chi connectivity index (χ1v) is 18.4. The van der Waals surface area contributed by atoms with Gasteiger partial charge in [0.2, 0.25) is 0 Å². The Kier molecular flexibility index (Phi) is 8.12. The molecular weight excluding hydrogens is 671 g/mol. The summed E-state index contributed by atoms with van der Waals surface area (Å²) in [6.07, 6.45) is 0. The van der Waals surface area contributed by atoms with Crippen LogP contribution in [-0.2, 0) is 0 Å². The van der Waals surface area contributed by atoms with Crippen molar-refractivity contribution in [2.24, 2.45) is 0 Å². The van der Waals surface area contributed by atoms with E-state index in [1.165, 1.54) is 22.3 Å². The number of benzene rings is 8. The normalized spacial score (nSPS) is 11.3. The first-order valence-electron chi connectivity index (χ1n) is 18.4. The van der Waals surface area contributed by atoms with E-state index in [4.69, 9.17) is 19.4 Å². The van der Waals surface area contributed by atoms with Crippen LogP contribution in [0.25, 0.3) is 101 Å². The van der Waals surface area contributed by atoms with Crippen LogP contribution >= 0.6 is 0 Å². The second-order valence-corrected chi connectivity index (χ2v) is 13.6. The largest absolute Gasteiger partial charge is 0.455 e. The van der Waals surface area contributed by atoms with E-state index in [2.05, 4.69) is 127 Å². The lowest BCUT2D eigenvalue weighted by atomic mass is 9.92. The maximum atomic E-state index is 6.76. The Bertz CT molecular complexity index is 2840. The zero-order valence-electron chi connectivity index (χ0n) is 29.8. The fraction of sp³-hybridized carbons (Fsp3) is 0. The maximum absolute atomic E-state index is 6.76. The van der Waals surface area contributed by atoms with Gasteiger partial charge in [-0.05, 0) is 69.3 Å². The maximum Gasteiger partial charge on any atom is 0.164 e. The molecule has 4 heteroatoms. The predicted octanol–water partition coefficient (Wildman–Crippen LogP) is 13.4. The molecule has 0 aliphatic rings. The smallest absolute Gasteiger partial charge is 0.164 e. The third-order valence-electron chi connectivity index (χ3n) is 10.1. The van der Waals surface area contributed by atoms with Crippen LogP contribution in [0.15, 0.2) is 205 Å². The van der Waals surface area contributed by atoms with Crippen molar-refractivity contribution in [2.75, 3.05) is 0 Å². The number of para-hydroxylation sites is 1. The van der Waals surface area contributed by atoms with Crippen LogP contribution in [0.5, 0.6) is 0 Å². The first-order chi connectivity index (χ1) is 27.2. The summed E-state index contributed by atoms with van der Waals surface area (Å²) >= 11 is 0. The summed E-state index contributed by atoms with van der Waals surface area (Å²) < 4.78 is 6.76. The highest BCUT2D eigenvalue weighted by Crippen LogP contribution is 2.41. The van der Waals surface area contributed by atoms with Crippen LogP contribution < -0.4 is 0 Å². The average molecular weight is 704 g/mol. The standard InChI is InChI=1S/C51H33N3O/c1-5-16-34(17-6-1)40-31-41(35-18-7-2-8-19-35)33-42(32-40)38-24-13-25-39(30-38)43-26-14-27-44-47-45(28-15-29-46(47)55-48(43)44)51-53-49(36-20-9-3-10-21-36)52-50(54-51)37-22-11-4-12-23-37/h1-33H. The van der Waals surface area contributed by atoms with E-state index in [0.717, 1.165) is 60.9 Å². The topological polar surface area (TPSA) is 51.8 Å². The van der Waals surface area contributed by atoms with Crippen LogP contribution in [0.2, 0.25) is 0 Å². The Balaban J connectivity index is 1.12. The summed E-state index contributed by atoms with van der Waals surface area (Å²) in [6, 6.07) is 69.4. The van der Waals surface area contributed by atoms with E-state index in [0.29, 0.717) is 17.5 Å². The molecule has 0 unspecified atom stereocenters. The molecule has 2 aromatic heterocycles. The lowest BCUT2D eigenvalue weighted by molar-refractivity contribution is 0.670. The highest BCUT2D eigenvalue weighted by Gasteiger charge is 2.20. The van der Waals surface area contributed by atoms with Crippen LogP contribution in [-0.4, -0.2) is 15.0 Å². The summed E-state index contributed by atoms with van der Waals surface area (Å²) in [6.45, 7) is 0. The van der Waals surface area contributed by atoms with E-state index < -0.39 is 0 Å². The molecule has 0 aliphatic heterocycles. The summed E-state index contributed by atoms with van der Waals surface area (Å²) in [4.78, 5) is 15.0. The van der Waals surface area contributed by atoms with Gasteiger partial charge >= 0.3 is 0 Å². The summed E-state index contributed by atoms with van der Waals surface area (Å²) in [7, 11) is 0. The van der Waals surface area contributed by atoms with Crippen molar-refractivity contribution in [3.63, 3.8) is 0 Å². The summed E-state index contributed by atoms with van der Waals surface area (Å²) in [5.41, 5.74) is 13.5. The van der Waals surface area contributed by atoms with Gasteiger partial charge in [0, 0.05) is 33.0 Å². The van der Waals surface area contributed by atoms with E-state index in [1.54, 1.807) is 0 Å². The van der Waals surface area contributed by atoms with E-state index >= 15 is 0 Å². The lowest BCUT2D eigenvalue weighted by Gasteiger charge is -2.12. The molecule has 0 aliphatic carbocycles. The average Bonchev–Trinajstić information content (AvgIpc) is 3.67. The second kappa shape index (κ2) is 13.8. The molecule has 0 atom stereocenters. The Labute approximate surface area is 319 Å². The van der Waals surface area contributed by atoms with Crippen LogP contribution in [0.3, 0.4) is 0 Å². The Hall–Kier alpha value is -7.43. The Morgan fingerprint density at radius 3 is 1.29 bits per heavy atom. The van der Waals surface area contributed by atoms with Crippen molar-refractivity contribution in [1.29, 1.82) is 0 Å². The quantitative estimate of drug-likeness (QED) is 0.166. The fourth-order valence-electron chi connectivity index (χ4n) is 7.45. The van der Waals surface area contributed by atoms with Gasteiger partial charge in [0.05, 0.1) is 0 Å². The van der Waals surface area contributed by atoms with Crippen LogP contribution in [0.4, 0.5) is 0 Å². The van der Waals surface area contributed by atoms with Crippen molar-refractivity contribution < 1.29 is 4.42 Å². The number of fused-ring (bicyclic) bond motifs is 3. The van der Waals surface area contributed by atoms with Crippen LogP contribution in [0.1, 0.15) is 0 Å². The zero-order chi connectivity index (χ0) is 36.6. The molecule has 4 nitrogen and oxygen atoms in total. The molecule has 0 fully saturated rings. The van der Waals surface area contributed by atoms with E-state index in [1.807, 2.05) is 72.8 Å². The van der Waals surface area contributed by atoms with Crippen molar-refractivity contribution in [3.05, 3.63) is 200 Å². The Morgan fingerprint density at radius 2 is 0.709 bits per heavy atom. The number of furan rings is 1. The summed E-state index contributed by atoms with van der Waals surface area (Å²) in [5, 5.41) is 1.98. The molecule has 10 rings (SSSR count). The molecule has 0 amide bonds.